The van der Waals surface area contributed by atoms with E-state index in [4.69, 9.17) is 5.11 Å². The van der Waals surface area contributed by atoms with Crippen molar-refractivity contribution in [2.75, 3.05) is 0 Å². The summed E-state index contributed by atoms with van der Waals surface area (Å²) in [5, 5.41) is 20.4. The molecular formula is C13H16N4O2. The molecule has 1 atom stereocenters. The highest BCUT2D eigenvalue weighted by molar-refractivity contribution is 5.67. The van der Waals surface area contributed by atoms with Crippen molar-refractivity contribution in [2.45, 2.75) is 33.2 Å². The molecular weight excluding hydrogens is 244 g/mol. The molecule has 0 spiro atoms. The molecule has 0 fully saturated rings. The maximum Gasteiger partial charge on any atom is 0.305 e. The molecule has 1 aromatic heterocycles. The van der Waals surface area contributed by atoms with Gasteiger partial charge in [-0.1, -0.05) is 23.8 Å². The second-order valence-electron chi connectivity index (χ2n) is 4.71. The van der Waals surface area contributed by atoms with Gasteiger partial charge in [0.2, 0.25) is 0 Å². The van der Waals surface area contributed by atoms with Gasteiger partial charge in [-0.2, -0.15) is 0 Å². The molecule has 0 radical (unpaired) electrons. The summed E-state index contributed by atoms with van der Waals surface area (Å²) in [7, 11) is 0. The second-order valence-corrected chi connectivity index (χ2v) is 4.71. The van der Waals surface area contributed by atoms with Crippen molar-refractivity contribution in [3.63, 3.8) is 0 Å². The average molecular weight is 260 g/mol. The number of carboxylic acids is 1. The van der Waals surface area contributed by atoms with Crippen LogP contribution >= 0.6 is 0 Å². The van der Waals surface area contributed by atoms with Gasteiger partial charge in [0, 0.05) is 5.56 Å². The number of aliphatic carboxylic acids is 1. The molecule has 19 heavy (non-hydrogen) atoms. The van der Waals surface area contributed by atoms with Gasteiger partial charge in [0.25, 0.3) is 0 Å². The molecule has 0 amide bonds. The van der Waals surface area contributed by atoms with Gasteiger partial charge in [-0.05, 0) is 36.8 Å². The highest BCUT2D eigenvalue weighted by Gasteiger charge is 2.18. The Morgan fingerprint density at radius 2 is 2.16 bits per heavy atom. The predicted octanol–water partition coefficient (Wildman–Crippen LogP) is 1.99. The first kappa shape index (κ1) is 13.2. The first-order valence-electron chi connectivity index (χ1n) is 6.06. The third-order valence-corrected chi connectivity index (χ3v) is 3.00. The first-order chi connectivity index (χ1) is 8.99. The van der Waals surface area contributed by atoms with Crippen LogP contribution < -0.4 is 0 Å². The fraction of sp³-hybridized carbons (Fsp3) is 0.385. The van der Waals surface area contributed by atoms with Crippen LogP contribution in [0.4, 0.5) is 0 Å². The largest absolute Gasteiger partial charge is 0.481 e. The maximum atomic E-state index is 10.8. The smallest absolute Gasteiger partial charge is 0.305 e. The zero-order valence-corrected chi connectivity index (χ0v) is 11.2. The van der Waals surface area contributed by atoms with E-state index >= 15 is 0 Å². The first-order valence-corrected chi connectivity index (χ1v) is 6.06. The lowest BCUT2D eigenvalue weighted by atomic mass is 10.0. The number of aryl methyl sites for hydroxylation is 2. The van der Waals surface area contributed by atoms with E-state index in [0.717, 1.165) is 11.1 Å². The summed E-state index contributed by atoms with van der Waals surface area (Å²) in [5.41, 5.74) is 3.16. The van der Waals surface area contributed by atoms with Crippen molar-refractivity contribution in [2.24, 2.45) is 0 Å². The minimum atomic E-state index is -0.866. The number of carbonyl (C=O) groups is 1. The minimum Gasteiger partial charge on any atom is -0.481 e. The molecule has 1 unspecified atom stereocenters. The van der Waals surface area contributed by atoms with Gasteiger partial charge in [0.05, 0.1) is 12.5 Å². The molecule has 2 rings (SSSR count). The van der Waals surface area contributed by atoms with E-state index < -0.39 is 5.97 Å². The minimum absolute atomic E-state index is 0.0110. The monoisotopic (exact) mass is 260 g/mol. The number of benzene rings is 1. The van der Waals surface area contributed by atoms with Crippen LogP contribution in [0.3, 0.4) is 0 Å². The zero-order chi connectivity index (χ0) is 14.0. The van der Waals surface area contributed by atoms with Crippen LogP contribution in [0.5, 0.6) is 0 Å². The summed E-state index contributed by atoms with van der Waals surface area (Å²) in [5.74, 6) is -0.263. The molecule has 6 nitrogen and oxygen atoms in total. The highest BCUT2D eigenvalue weighted by atomic mass is 16.4. The molecule has 0 saturated heterocycles. The standard InChI is InChI=1S/C13H16N4O2/c1-8-4-5-11(9(2)6-8)13-14-15-16-17(13)10(3)7-12(18)19/h4-6,10H,7H2,1-3H3,(H,18,19). The van der Waals surface area contributed by atoms with Crippen LogP contribution in [0, 0.1) is 13.8 Å². The molecule has 0 saturated carbocycles. The van der Waals surface area contributed by atoms with Crippen molar-refractivity contribution in [3.05, 3.63) is 29.3 Å². The zero-order valence-electron chi connectivity index (χ0n) is 11.2. The molecule has 1 N–H and O–H groups in total. The van der Waals surface area contributed by atoms with E-state index in [1.165, 1.54) is 5.56 Å². The molecule has 2 aromatic rings. The van der Waals surface area contributed by atoms with E-state index in [1.54, 1.807) is 11.6 Å². The van der Waals surface area contributed by atoms with Gasteiger partial charge < -0.3 is 5.11 Å². The molecule has 0 bridgehead atoms. The number of tetrazole rings is 1. The Labute approximate surface area is 111 Å². The summed E-state index contributed by atoms with van der Waals surface area (Å²) in [4.78, 5) is 10.8. The summed E-state index contributed by atoms with van der Waals surface area (Å²) in [6.07, 6.45) is -0.0110. The number of rotatable bonds is 4. The van der Waals surface area contributed by atoms with E-state index in [-0.39, 0.29) is 12.5 Å². The van der Waals surface area contributed by atoms with Gasteiger partial charge >= 0.3 is 5.97 Å². The molecule has 1 aromatic carbocycles. The molecule has 0 aliphatic carbocycles. The molecule has 1 heterocycles. The van der Waals surface area contributed by atoms with Crippen LogP contribution in [-0.4, -0.2) is 31.3 Å². The lowest BCUT2D eigenvalue weighted by Crippen LogP contribution is -2.13. The van der Waals surface area contributed by atoms with E-state index in [1.807, 2.05) is 26.0 Å². The number of hydrogen-bond acceptors (Lipinski definition) is 4. The Morgan fingerprint density at radius 1 is 1.42 bits per heavy atom. The van der Waals surface area contributed by atoms with Crippen LogP contribution in [0.15, 0.2) is 18.2 Å². The van der Waals surface area contributed by atoms with Gasteiger partial charge in [0.15, 0.2) is 5.82 Å². The predicted molar refractivity (Wildman–Crippen MR) is 69.7 cm³/mol. The van der Waals surface area contributed by atoms with Gasteiger partial charge in [0.1, 0.15) is 0 Å². The fourth-order valence-corrected chi connectivity index (χ4v) is 2.07. The second kappa shape index (κ2) is 5.17. The van der Waals surface area contributed by atoms with Gasteiger partial charge in [-0.15, -0.1) is 5.10 Å². The Morgan fingerprint density at radius 3 is 2.79 bits per heavy atom. The number of aromatic nitrogens is 4. The number of nitrogens with zero attached hydrogens (tertiary/aromatic N) is 4. The fourth-order valence-electron chi connectivity index (χ4n) is 2.07. The Bertz CT molecular complexity index is 606. The van der Waals surface area contributed by atoms with Crippen molar-refractivity contribution in [1.29, 1.82) is 0 Å². The SMILES string of the molecule is Cc1ccc(-c2nnnn2C(C)CC(=O)O)c(C)c1. The quantitative estimate of drug-likeness (QED) is 0.909. The van der Waals surface area contributed by atoms with Crippen LogP contribution in [0.1, 0.15) is 30.5 Å². The third kappa shape index (κ3) is 2.78. The van der Waals surface area contributed by atoms with Crippen molar-refractivity contribution < 1.29 is 9.90 Å². The molecule has 6 heteroatoms. The average Bonchev–Trinajstić information content (AvgIpc) is 2.76. The molecule has 100 valence electrons. The normalized spacial score (nSPS) is 12.4. The van der Waals surface area contributed by atoms with Crippen molar-refractivity contribution in [1.82, 2.24) is 20.2 Å². The summed E-state index contributed by atoms with van der Waals surface area (Å²) in [6, 6.07) is 5.71. The van der Waals surface area contributed by atoms with Gasteiger partial charge in [-0.25, -0.2) is 4.68 Å². The van der Waals surface area contributed by atoms with Gasteiger partial charge in [-0.3, -0.25) is 4.79 Å². The van der Waals surface area contributed by atoms with Crippen LogP contribution in [0.25, 0.3) is 11.4 Å². The lowest BCUT2D eigenvalue weighted by molar-refractivity contribution is -0.137. The Hall–Kier alpha value is -2.24. The van der Waals surface area contributed by atoms with Crippen LogP contribution in [0.2, 0.25) is 0 Å². The molecule has 0 aliphatic rings. The van der Waals surface area contributed by atoms with E-state index in [0.29, 0.717) is 5.82 Å². The Kier molecular flexibility index (Phi) is 3.59. The lowest BCUT2D eigenvalue weighted by Gasteiger charge is -2.12. The van der Waals surface area contributed by atoms with Crippen LogP contribution in [-0.2, 0) is 4.79 Å². The topological polar surface area (TPSA) is 80.9 Å². The molecule has 0 aliphatic heterocycles. The van der Waals surface area contributed by atoms with E-state index in [9.17, 15) is 4.79 Å². The number of carboxylic acid groups (broad SMARTS) is 1. The van der Waals surface area contributed by atoms with Crippen molar-refractivity contribution >= 4 is 5.97 Å². The number of hydrogen-bond donors (Lipinski definition) is 1. The summed E-state index contributed by atoms with van der Waals surface area (Å²) in [6.45, 7) is 5.80. The summed E-state index contributed by atoms with van der Waals surface area (Å²) < 4.78 is 1.56. The Balaban J connectivity index is 2.41. The van der Waals surface area contributed by atoms with E-state index in [2.05, 4.69) is 21.6 Å². The van der Waals surface area contributed by atoms with Crippen molar-refractivity contribution in [3.8, 4) is 11.4 Å². The third-order valence-electron chi connectivity index (χ3n) is 3.00. The highest BCUT2D eigenvalue weighted by Crippen LogP contribution is 2.24. The summed E-state index contributed by atoms with van der Waals surface area (Å²) >= 11 is 0. The maximum absolute atomic E-state index is 10.8.